The highest BCUT2D eigenvalue weighted by Crippen LogP contribution is 2.19. The number of hydrogen-bond donors (Lipinski definition) is 1. The minimum Gasteiger partial charge on any atom is -0.308 e. The molecule has 100 valence electrons. The highest BCUT2D eigenvalue weighted by Gasteiger charge is 2.25. The lowest BCUT2D eigenvalue weighted by atomic mass is 10.0. The molecule has 4 heteroatoms. The molecule has 1 aromatic carbocycles. The highest BCUT2D eigenvalue weighted by molar-refractivity contribution is 7.91. The fourth-order valence-corrected chi connectivity index (χ4v) is 3.71. The minimum absolute atomic E-state index is 0.0380. The number of aryl methyl sites for hydroxylation is 1. The first-order chi connectivity index (χ1) is 8.61. The topological polar surface area (TPSA) is 46.2 Å². The molecule has 0 radical (unpaired) electrons. The minimum atomic E-state index is -2.87. The van der Waals surface area contributed by atoms with E-state index in [9.17, 15) is 8.42 Å². The van der Waals surface area contributed by atoms with Gasteiger partial charge in [0.05, 0.1) is 11.5 Å². The van der Waals surface area contributed by atoms with Gasteiger partial charge in [-0.05, 0) is 24.0 Å². The van der Waals surface area contributed by atoms with Gasteiger partial charge in [-0.3, -0.25) is 0 Å². The van der Waals surface area contributed by atoms with Gasteiger partial charge in [0, 0.05) is 12.6 Å². The van der Waals surface area contributed by atoms with E-state index in [2.05, 4.69) is 36.5 Å². The van der Waals surface area contributed by atoms with E-state index in [0.717, 1.165) is 12.0 Å². The lowest BCUT2D eigenvalue weighted by molar-refractivity contribution is 0.531. The van der Waals surface area contributed by atoms with Gasteiger partial charge in [0.1, 0.15) is 0 Å². The summed E-state index contributed by atoms with van der Waals surface area (Å²) in [4.78, 5) is 0. The first-order valence-electron chi connectivity index (χ1n) is 6.63. The molecular weight excluding hydrogens is 246 g/mol. The first kappa shape index (κ1) is 13.6. The lowest BCUT2D eigenvalue weighted by Crippen LogP contribution is -2.39. The molecule has 0 saturated carbocycles. The molecule has 1 saturated heterocycles. The van der Waals surface area contributed by atoms with E-state index in [1.165, 1.54) is 18.4 Å². The van der Waals surface area contributed by atoms with Gasteiger partial charge in [0.15, 0.2) is 9.84 Å². The molecule has 1 fully saturated rings. The molecule has 0 aliphatic carbocycles. The number of nitrogens with one attached hydrogen (secondary N) is 1. The van der Waals surface area contributed by atoms with Crippen LogP contribution in [-0.2, 0) is 16.3 Å². The van der Waals surface area contributed by atoms with Crippen LogP contribution in [-0.4, -0.2) is 26.5 Å². The van der Waals surface area contributed by atoms with Crippen LogP contribution >= 0.6 is 0 Å². The molecule has 0 spiro atoms. The van der Waals surface area contributed by atoms with Crippen LogP contribution < -0.4 is 5.32 Å². The second kappa shape index (κ2) is 5.85. The third-order valence-electron chi connectivity index (χ3n) is 3.43. The van der Waals surface area contributed by atoms with Crippen LogP contribution in [0.15, 0.2) is 24.3 Å². The second-order valence-electron chi connectivity index (χ2n) is 4.97. The van der Waals surface area contributed by atoms with Crippen molar-refractivity contribution in [1.82, 2.24) is 5.32 Å². The van der Waals surface area contributed by atoms with Gasteiger partial charge in [-0.2, -0.15) is 0 Å². The first-order valence-corrected chi connectivity index (χ1v) is 8.45. The summed E-state index contributed by atoms with van der Waals surface area (Å²) < 4.78 is 23.2. The van der Waals surface area contributed by atoms with Crippen molar-refractivity contribution in [2.45, 2.75) is 32.2 Å². The zero-order valence-corrected chi connectivity index (χ0v) is 11.7. The Hall–Kier alpha value is -0.870. The Morgan fingerprint density at radius 1 is 1.28 bits per heavy atom. The van der Waals surface area contributed by atoms with Crippen LogP contribution in [0.2, 0.25) is 0 Å². The van der Waals surface area contributed by atoms with Gasteiger partial charge in [-0.25, -0.2) is 8.42 Å². The Balaban J connectivity index is 2.05. The van der Waals surface area contributed by atoms with Gasteiger partial charge >= 0.3 is 0 Å². The molecule has 1 N–H and O–H groups in total. The average Bonchev–Trinajstić information content (AvgIpc) is 2.36. The Bertz CT molecular complexity index is 479. The molecule has 0 bridgehead atoms. The monoisotopic (exact) mass is 267 g/mol. The van der Waals surface area contributed by atoms with Crippen molar-refractivity contribution < 1.29 is 8.42 Å². The number of hydrogen-bond acceptors (Lipinski definition) is 3. The van der Waals surface area contributed by atoms with Gasteiger partial charge < -0.3 is 5.32 Å². The summed E-state index contributed by atoms with van der Waals surface area (Å²) in [6, 6.07) is 8.32. The summed E-state index contributed by atoms with van der Waals surface area (Å²) in [6.07, 6.45) is 3.51. The van der Waals surface area contributed by atoms with Crippen LogP contribution in [0, 0.1) is 0 Å². The summed E-state index contributed by atoms with van der Waals surface area (Å²) in [5.41, 5.74) is 2.41. The van der Waals surface area contributed by atoms with Crippen molar-refractivity contribution in [2.24, 2.45) is 0 Å². The largest absolute Gasteiger partial charge is 0.308 e. The standard InChI is InChI=1S/C14H21NO2S/c1-2-3-4-12-5-7-13(8-6-12)14-11-18(16,17)10-9-15-14/h5-8,14-15H,2-4,9-11H2,1H3. The van der Waals surface area contributed by atoms with E-state index in [0.29, 0.717) is 6.54 Å². The maximum Gasteiger partial charge on any atom is 0.153 e. The molecule has 2 rings (SSSR count). The van der Waals surface area contributed by atoms with Gasteiger partial charge in [-0.1, -0.05) is 37.6 Å². The van der Waals surface area contributed by atoms with Crippen LogP contribution in [0.5, 0.6) is 0 Å². The molecule has 1 heterocycles. The normalized spacial score (nSPS) is 22.8. The van der Waals surface area contributed by atoms with Crippen molar-refractivity contribution in [3.05, 3.63) is 35.4 Å². The molecule has 1 unspecified atom stereocenters. The maximum atomic E-state index is 11.6. The van der Waals surface area contributed by atoms with E-state index in [-0.39, 0.29) is 17.5 Å². The Kier molecular flexibility index (Phi) is 4.40. The summed E-state index contributed by atoms with van der Waals surface area (Å²) >= 11 is 0. The quantitative estimate of drug-likeness (QED) is 0.908. The zero-order chi connectivity index (χ0) is 13.0. The molecule has 0 amide bonds. The van der Waals surface area contributed by atoms with Crippen molar-refractivity contribution >= 4 is 9.84 Å². The van der Waals surface area contributed by atoms with Gasteiger partial charge in [0.25, 0.3) is 0 Å². The van der Waals surface area contributed by atoms with E-state index >= 15 is 0 Å². The fraction of sp³-hybridized carbons (Fsp3) is 0.571. The van der Waals surface area contributed by atoms with E-state index in [1.54, 1.807) is 0 Å². The molecule has 1 aliphatic heterocycles. The van der Waals surface area contributed by atoms with Crippen molar-refractivity contribution in [3.63, 3.8) is 0 Å². The van der Waals surface area contributed by atoms with Crippen molar-refractivity contribution in [3.8, 4) is 0 Å². The van der Waals surface area contributed by atoms with Crippen LogP contribution in [0.25, 0.3) is 0 Å². The lowest BCUT2D eigenvalue weighted by Gasteiger charge is -2.24. The van der Waals surface area contributed by atoms with E-state index < -0.39 is 9.84 Å². The Morgan fingerprint density at radius 2 is 2.00 bits per heavy atom. The van der Waals surface area contributed by atoms with Gasteiger partial charge in [0.2, 0.25) is 0 Å². The molecule has 1 atom stereocenters. The summed E-state index contributed by atoms with van der Waals surface area (Å²) in [5, 5.41) is 3.27. The van der Waals surface area contributed by atoms with Crippen LogP contribution in [0.3, 0.4) is 0 Å². The molecule has 0 aromatic heterocycles. The maximum absolute atomic E-state index is 11.6. The number of sulfone groups is 1. The van der Waals surface area contributed by atoms with Crippen molar-refractivity contribution in [2.75, 3.05) is 18.1 Å². The number of rotatable bonds is 4. The molecule has 18 heavy (non-hydrogen) atoms. The summed E-state index contributed by atoms with van der Waals surface area (Å²) in [7, 11) is -2.87. The molecule has 3 nitrogen and oxygen atoms in total. The third-order valence-corrected chi connectivity index (χ3v) is 5.09. The van der Waals surface area contributed by atoms with E-state index in [4.69, 9.17) is 0 Å². The predicted octanol–water partition coefficient (Wildman–Crippen LogP) is 2.09. The van der Waals surface area contributed by atoms with Crippen LogP contribution in [0.1, 0.15) is 36.9 Å². The fourth-order valence-electron chi connectivity index (χ4n) is 2.30. The van der Waals surface area contributed by atoms with Crippen molar-refractivity contribution in [1.29, 1.82) is 0 Å². The molecular formula is C14H21NO2S. The SMILES string of the molecule is CCCCc1ccc(C2CS(=O)(=O)CCN2)cc1. The molecule has 1 aromatic rings. The number of benzene rings is 1. The highest BCUT2D eigenvalue weighted by atomic mass is 32.2. The average molecular weight is 267 g/mol. The molecule has 1 aliphatic rings. The summed E-state index contributed by atoms with van der Waals surface area (Å²) in [5.74, 6) is 0.486. The third kappa shape index (κ3) is 3.56. The van der Waals surface area contributed by atoms with Crippen LogP contribution in [0.4, 0.5) is 0 Å². The Morgan fingerprint density at radius 3 is 2.61 bits per heavy atom. The predicted molar refractivity (Wildman–Crippen MR) is 74.5 cm³/mol. The number of unbranched alkanes of at least 4 members (excludes halogenated alkanes) is 1. The van der Waals surface area contributed by atoms with Gasteiger partial charge in [-0.15, -0.1) is 0 Å². The smallest absolute Gasteiger partial charge is 0.153 e. The second-order valence-corrected chi connectivity index (χ2v) is 7.19. The summed E-state index contributed by atoms with van der Waals surface area (Å²) in [6.45, 7) is 2.75. The Labute approximate surface area is 110 Å². The zero-order valence-electron chi connectivity index (χ0n) is 10.9. The van der Waals surface area contributed by atoms with E-state index in [1.807, 2.05) is 0 Å².